The molecule has 0 amide bonds. The van der Waals surface area contributed by atoms with E-state index in [4.69, 9.17) is 0 Å². The largest absolute Gasteiger partial charge is 0.377 e. The minimum Gasteiger partial charge on any atom is -0.377 e. The van der Waals surface area contributed by atoms with Gasteiger partial charge in [0, 0.05) is 18.9 Å². The molecule has 1 N–H and O–H groups in total. The molecule has 1 heterocycles. The molecule has 0 radical (unpaired) electrons. The van der Waals surface area contributed by atoms with Gasteiger partial charge >= 0.3 is 0 Å². The smallest absolute Gasteiger partial charge is 0.145 e. The molecule has 1 unspecified atom stereocenters. The first-order valence-electron chi connectivity index (χ1n) is 6.78. The van der Waals surface area contributed by atoms with Crippen molar-refractivity contribution >= 4 is 0 Å². The summed E-state index contributed by atoms with van der Waals surface area (Å²) in [4.78, 5) is 4.36. The second kappa shape index (κ2) is 5.17. The maximum Gasteiger partial charge on any atom is 0.145 e. The highest BCUT2D eigenvalue weighted by Crippen LogP contribution is 2.29. The quantitative estimate of drug-likeness (QED) is 0.914. The van der Waals surface area contributed by atoms with E-state index in [9.17, 15) is 5.11 Å². The third-order valence-corrected chi connectivity index (χ3v) is 3.40. The van der Waals surface area contributed by atoms with Crippen LogP contribution < -0.4 is 0 Å². The zero-order valence-electron chi connectivity index (χ0n) is 12.1. The Morgan fingerprint density at radius 3 is 2.42 bits per heavy atom. The Morgan fingerprint density at radius 1 is 1.21 bits per heavy atom. The zero-order valence-corrected chi connectivity index (χ0v) is 12.1. The van der Waals surface area contributed by atoms with Crippen LogP contribution in [0, 0.1) is 13.8 Å². The number of hydrogen-bond acceptors (Lipinski definition) is 2. The molecule has 0 aliphatic carbocycles. The van der Waals surface area contributed by atoms with Crippen molar-refractivity contribution in [1.82, 2.24) is 9.55 Å². The van der Waals surface area contributed by atoms with E-state index in [0.29, 0.717) is 5.82 Å². The molecule has 0 aliphatic heterocycles. The van der Waals surface area contributed by atoms with E-state index in [2.05, 4.69) is 18.0 Å². The lowest BCUT2D eigenvalue weighted by atomic mass is 9.92. The van der Waals surface area contributed by atoms with E-state index < -0.39 is 5.60 Å². The van der Waals surface area contributed by atoms with Crippen LogP contribution in [-0.2, 0) is 12.1 Å². The van der Waals surface area contributed by atoms with Crippen LogP contribution in [0.15, 0.2) is 30.6 Å². The van der Waals surface area contributed by atoms with Gasteiger partial charge in [0.15, 0.2) is 0 Å². The standard InChI is InChI=1S/C16H22N2O/c1-5-7-18-8-6-17-15(18)16(4,19)14-10-12(2)9-13(3)11-14/h6,8-11,19H,5,7H2,1-4H3. The van der Waals surface area contributed by atoms with Crippen molar-refractivity contribution in [1.29, 1.82) is 0 Å². The Hall–Kier alpha value is -1.61. The van der Waals surface area contributed by atoms with E-state index in [0.717, 1.165) is 29.7 Å². The van der Waals surface area contributed by atoms with Crippen LogP contribution in [0.5, 0.6) is 0 Å². The van der Waals surface area contributed by atoms with Gasteiger partial charge in [-0.1, -0.05) is 36.2 Å². The fourth-order valence-electron chi connectivity index (χ4n) is 2.54. The SMILES string of the molecule is CCCn1ccnc1C(C)(O)c1cc(C)cc(C)c1. The van der Waals surface area contributed by atoms with Gasteiger partial charge in [0.2, 0.25) is 0 Å². The second-order valence-corrected chi connectivity index (χ2v) is 5.39. The fourth-order valence-corrected chi connectivity index (χ4v) is 2.54. The molecule has 2 rings (SSSR count). The molecule has 1 aromatic heterocycles. The topological polar surface area (TPSA) is 38.0 Å². The van der Waals surface area contributed by atoms with Crippen LogP contribution in [0.4, 0.5) is 0 Å². The number of aryl methyl sites for hydroxylation is 3. The Balaban J connectivity index is 2.48. The Morgan fingerprint density at radius 2 is 1.84 bits per heavy atom. The molecule has 3 nitrogen and oxygen atoms in total. The average Bonchev–Trinajstić information content (AvgIpc) is 2.77. The minimum atomic E-state index is -1.06. The average molecular weight is 258 g/mol. The van der Waals surface area contributed by atoms with Crippen LogP contribution in [0.2, 0.25) is 0 Å². The number of hydrogen-bond donors (Lipinski definition) is 1. The van der Waals surface area contributed by atoms with Crippen molar-refractivity contribution in [3.8, 4) is 0 Å². The van der Waals surface area contributed by atoms with Gasteiger partial charge in [-0.05, 0) is 32.8 Å². The third kappa shape index (κ3) is 2.71. The maximum absolute atomic E-state index is 10.9. The van der Waals surface area contributed by atoms with Gasteiger partial charge in [-0.3, -0.25) is 0 Å². The molecular weight excluding hydrogens is 236 g/mol. The minimum absolute atomic E-state index is 0.708. The van der Waals surface area contributed by atoms with Gasteiger partial charge < -0.3 is 9.67 Å². The molecule has 2 aromatic rings. The van der Waals surface area contributed by atoms with Crippen molar-refractivity contribution in [2.45, 2.75) is 46.3 Å². The zero-order chi connectivity index (χ0) is 14.0. The van der Waals surface area contributed by atoms with E-state index >= 15 is 0 Å². The highest BCUT2D eigenvalue weighted by molar-refractivity contribution is 5.35. The molecule has 0 saturated carbocycles. The van der Waals surface area contributed by atoms with Gasteiger partial charge in [0.1, 0.15) is 11.4 Å². The number of aromatic nitrogens is 2. The van der Waals surface area contributed by atoms with E-state index in [1.807, 2.05) is 43.7 Å². The van der Waals surface area contributed by atoms with Crippen molar-refractivity contribution in [3.63, 3.8) is 0 Å². The molecular formula is C16H22N2O. The normalized spacial score (nSPS) is 14.4. The van der Waals surface area contributed by atoms with Gasteiger partial charge in [-0.15, -0.1) is 0 Å². The van der Waals surface area contributed by atoms with Gasteiger partial charge in [-0.25, -0.2) is 4.98 Å². The van der Waals surface area contributed by atoms with Crippen LogP contribution in [0.1, 0.15) is 42.8 Å². The van der Waals surface area contributed by atoms with Crippen LogP contribution in [-0.4, -0.2) is 14.7 Å². The predicted molar refractivity (Wildman–Crippen MR) is 77.1 cm³/mol. The van der Waals surface area contributed by atoms with Crippen LogP contribution >= 0.6 is 0 Å². The third-order valence-electron chi connectivity index (χ3n) is 3.40. The summed E-state index contributed by atoms with van der Waals surface area (Å²) in [6.07, 6.45) is 4.70. The molecule has 1 aromatic carbocycles. The molecule has 19 heavy (non-hydrogen) atoms. The lowest BCUT2D eigenvalue weighted by molar-refractivity contribution is 0.0877. The van der Waals surface area contributed by atoms with E-state index in [1.54, 1.807) is 6.20 Å². The predicted octanol–water partition coefficient (Wildman–Crippen LogP) is 3.17. The van der Waals surface area contributed by atoms with Crippen molar-refractivity contribution < 1.29 is 5.11 Å². The molecule has 0 saturated heterocycles. The lowest BCUT2D eigenvalue weighted by Gasteiger charge is -2.25. The Kier molecular flexibility index (Phi) is 3.76. The number of imidazole rings is 1. The summed E-state index contributed by atoms with van der Waals surface area (Å²) in [5.41, 5.74) is 2.15. The second-order valence-electron chi connectivity index (χ2n) is 5.39. The summed E-state index contributed by atoms with van der Waals surface area (Å²) in [5, 5.41) is 10.9. The number of rotatable bonds is 4. The van der Waals surface area contributed by atoms with Crippen molar-refractivity contribution in [2.75, 3.05) is 0 Å². The van der Waals surface area contributed by atoms with Gasteiger partial charge in [0.25, 0.3) is 0 Å². The Labute approximate surface area is 114 Å². The fraction of sp³-hybridized carbons (Fsp3) is 0.438. The first-order chi connectivity index (χ1) is 8.95. The molecule has 102 valence electrons. The summed E-state index contributed by atoms with van der Waals surface area (Å²) in [6.45, 7) is 8.90. The lowest BCUT2D eigenvalue weighted by Crippen LogP contribution is -2.28. The van der Waals surface area contributed by atoms with Gasteiger partial charge in [0.05, 0.1) is 0 Å². The molecule has 3 heteroatoms. The van der Waals surface area contributed by atoms with E-state index in [-0.39, 0.29) is 0 Å². The first-order valence-corrected chi connectivity index (χ1v) is 6.78. The van der Waals surface area contributed by atoms with Gasteiger partial charge in [-0.2, -0.15) is 0 Å². The molecule has 0 fully saturated rings. The summed E-state index contributed by atoms with van der Waals surface area (Å²) < 4.78 is 2.03. The van der Waals surface area contributed by atoms with Crippen LogP contribution in [0.3, 0.4) is 0 Å². The highest BCUT2D eigenvalue weighted by atomic mass is 16.3. The van der Waals surface area contributed by atoms with Crippen molar-refractivity contribution in [3.05, 3.63) is 53.1 Å². The highest BCUT2D eigenvalue weighted by Gasteiger charge is 2.30. The molecule has 0 spiro atoms. The number of nitrogens with zero attached hydrogens (tertiary/aromatic N) is 2. The van der Waals surface area contributed by atoms with E-state index in [1.165, 1.54) is 0 Å². The summed E-state index contributed by atoms with van der Waals surface area (Å²) in [7, 11) is 0. The number of benzene rings is 1. The molecule has 1 atom stereocenters. The maximum atomic E-state index is 10.9. The summed E-state index contributed by atoms with van der Waals surface area (Å²) in [6, 6.07) is 6.16. The summed E-state index contributed by atoms with van der Waals surface area (Å²) in [5.74, 6) is 0.708. The Bertz CT molecular complexity index is 550. The van der Waals surface area contributed by atoms with Crippen molar-refractivity contribution in [2.24, 2.45) is 0 Å². The first kappa shape index (κ1) is 13.8. The van der Waals surface area contributed by atoms with Crippen LogP contribution in [0.25, 0.3) is 0 Å². The molecule has 0 aliphatic rings. The summed E-state index contributed by atoms with van der Waals surface area (Å²) >= 11 is 0. The monoisotopic (exact) mass is 258 g/mol. The molecule has 0 bridgehead atoms. The number of aliphatic hydroxyl groups is 1.